The maximum atomic E-state index is 4.72. The summed E-state index contributed by atoms with van der Waals surface area (Å²) in [4.78, 5) is 20.7. The molecule has 2 aromatic heterocycles. The van der Waals surface area contributed by atoms with Crippen LogP contribution >= 0.6 is 0 Å². The third-order valence-electron chi connectivity index (χ3n) is 12.3. The van der Waals surface area contributed by atoms with Crippen molar-refractivity contribution in [1.29, 1.82) is 0 Å². The molecule has 0 aliphatic carbocycles. The largest absolute Gasteiger partial charge is 0.311 e. The molecule has 7 heteroatoms. The molecule has 340 valence electrons. The van der Waals surface area contributed by atoms with E-state index < -0.39 is 0 Å². The molecule has 0 N–H and O–H groups in total. The predicted molar refractivity (Wildman–Crippen MR) is 295 cm³/mol. The SMILES string of the molecule is c1ccc(N(c2ccc(N(c3ccccc3)c3ccc(N(c4ccccc4)c4ccccn4)cc3)cc2)c2ccc(N(c3ccccc3)c3ccc(N(c4ccccc4)c4ccccn4)cc3)cc2)cc1. The zero-order chi connectivity index (χ0) is 47.6. The number of rotatable bonds is 15. The van der Waals surface area contributed by atoms with Crippen molar-refractivity contribution in [3.8, 4) is 0 Å². The van der Waals surface area contributed by atoms with Gasteiger partial charge in [0.2, 0.25) is 0 Å². The number of benzene rings is 9. The van der Waals surface area contributed by atoms with Gasteiger partial charge in [-0.1, -0.05) is 103 Å². The van der Waals surface area contributed by atoms with E-state index in [0.717, 1.165) is 85.6 Å². The van der Waals surface area contributed by atoms with E-state index in [4.69, 9.17) is 9.97 Å². The quantitative estimate of drug-likeness (QED) is 0.101. The molecule has 0 aliphatic heterocycles. The summed E-state index contributed by atoms with van der Waals surface area (Å²) in [5.41, 5.74) is 13.5. The van der Waals surface area contributed by atoms with Gasteiger partial charge in [0.1, 0.15) is 11.6 Å². The van der Waals surface area contributed by atoms with Gasteiger partial charge in [0, 0.05) is 86.3 Å². The lowest BCUT2D eigenvalue weighted by molar-refractivity contribution is 1.18. The summed E-state index contributed by atoms with van der Waals surface area (Å²) in [6.45, 7) is 0. The molecule has 7 nitrogen and oxygen atoms in total. The van der Waals surface area contributed by atoms with Gasteiger partial charge in [-0.2, -0.15) is 0 Å². The van der Waals surface area contributed by atoms with E-state index in [1.807, 2.05) is 60.9 Å². The van der Waals surface area contributed by atoms with Crippen LogP contribution < -0.4 is 24.5 Å². The van der Waals surface area contributed by atoms with Gasteiger partial charge in [0.15, 0.2) is 0 Å². The van der Waals surface area contributed by atoms with Gasteiger partial charge in [0.05, 0.1) is 0 Å². The maximum absolute atomic E-state index is 4.72. The third-order valence-corrected chi connectivity index (χ3v) is 12.3. The van der Waals surface area contributed by atoms with Crippen molar-refractivity contribution in [3.05, 3.63) is 298 Å². The van der Waals surface area contributed by atoms with Gasteiger partial charge < -0.3 is 14.7 Å². The van der Waals surface area contributed by atoms with Crippen molar-refractivity contribution in [2.45, 2.75) is 0 Å². The Morgan fingerprint density at radius 3 is 0.521 bits per heavy atom. The Morgan fingerprint density at radius 1 is 0.155 bits per heavy atom. The highest BCUT2D eigenvalue weighted by molar-refractivity contribution is 5.85. The Kier molecular flexibility index (Phi) is 12.7. The van der Waals surface area contributed by atoms with E-state index in [9.17, 15) is 0 Å². The van der Waals surface area contributed by atoms with Gasteiger partial charge in [-0.15, -0.1) is 0 Å². The van der Waals surface area contributed by atoms with Gasteiger partial charge in [-0.05, 0) is 182 Å². The Hall–Kier alpha value is -9.72. The predicted octanol–water partition coefficient (Wildman–Crippen LogP) is 17.8. The Labute approximate surface area is 415 Å². The first kappa shape index (κ1) is 43.8. The first-order chi connectivity index (χ1) is 35.2. The lowest BCUT2D eigenvalue weighted by Crippen LogP contribution is -2.14. The van der Waals surface area contributed by atoms with Crippen LogP contribution in [0.3, 0.4) is 0 Å². The summed E-state index contributed by atoms with van der Waals surface area (Å²) in [6.07, 6.45) is 3.67. The van der Waals surface area contributed by atoms with E-state index >= 15 is 0 Å². The molecule has 11 rings (SSSR count). The second kappa shape index (κ2) is 20.7. The molecule has 2 heterocycles. The first-order valence-corrected chi connectivity index (χ1v) is 23.7. The minimum Gasteiger partial charge on any atom is -0.311 e. The highest BCUT2D eigenvalue weighted by Crippen LogP contribution is 2.43. The second-order valence-electron chi connectivity index (χ2n) is 16.8. The molecule has 9 aromatic carbocycles. The molecule has 0 saturated carbocycles. The monoisotopic (exact) mass is 915 g/mol. The van der Waals surface area contributed by atoms with E-state index in [2.05, 4.69) is 261 Å². The average molecular weight is 916 g/mol. The molecule has 71 heavy (non-hydrogen) atoms. The lowest BCUT2D eigenvalue weighted by atomic mass is 10.1. The summed E-state index contributed by atoms with van der Waals surface area (Å²) in [5, 5.41) is 0. The van der Waals surface area contributed by atoms with Crippen LogP contribution in [-0.2, 0) is 0 Å². The van der Waals surface area contributed by atoms with Crippen LogP contribution in [0.5, 0.6) is 0 Å². The van der Waals surface area contributed by atoms with Crippen LogP contribution in [0.15, 0.2) is 298 Å². The number of pyridine rings is 2. The molecule has 0 radical (unpaired) electrons. The number of para-hydroxylation sites is 5. The van der Waals surface area contributed by atoms with Gasteiger partial charge >= 0.3 is 0 Å². The van der Waals surface area contributed by atoms with Crippen molar-refractivity contribution in [2.24, 2.45) is 0 Å². The summed E-state index contributed by atoms with van der Waals surface area (Å²) in [7, 11) is 0. The third kappa shape index (κ3) is 9.57. The van der Waals surface area contributed by atoms with Gasteiger partial charge in [-0.25, -0.2) is 9.97 Å². The second-order valence-corrected chi connectivity index (χ2v) is 16.8. The fourth-order valence-corrected chi connectivity index (χ4v) is 9.03. The summed E-state index contributed by atoms with van der Waals surface area (Å²) in [5.74, 6) is 1.71. The van der Waals surface area contributed by atoms with Crippen LogP contribution in [0, 0.1) is 0 Å². The molecule has 0 amide bonds. The van der Waals surface area contributed by atoms with Crippen LogP contribution in [0.25, 0.3) is 0 Å². The summed E-state index contributed by atoms with van der Waals surface area (Å²) < 4.78 is 0. The first-order valence-electron chi connectivity index (χ1n) is 23.7. The van der Waals surface area contributed by atoms with E-state index in [-0.39, 0.29) is 0 Å². The molecule has 0 unspecified atom stereocenters. The molecular weight excluding hydrogens is 867 g/mol. The van der Waals surface area contributed by atoms with Crippen molar-refractivity contribution in [2.75, 3.05) is 24.5 Å². The zero-order valence-electron chi connectivity index (χ0n) is 38.9. The van der Waals surface area contributed by atoms with Crippen molar-refractivity contribution in [3.63, 3.8) is 0 Å². The highest BCUT2D eigenvalue weighted by Gasteiger charge is 2.20. The van der Waals surface area contributed by atoms with E-state index in [0.29, 0.717) is 0 Å². The standard InChI is InChI=1S/C64H49N7/c1-6-20-50(21-7-1)67(55-32-36-57(37-33-55)68(51-22-8-2-9-23-51)59-40-44-61(45-41-59)70(53-26-12-4-13-27-53)63-30-16-18-48-65-63)56-34-38-58(39-35-56)69(52-24-10-3-11-25-52)60-42-46-62(47-43-60)71(54-28-14-5-15-29-54)64-31-17-19-49-66-64/h1-49H. The molecule has 0 aliphatic rings. The van der Waals surface area contributed by atoms with Gasteiger partial charge in [-0.3, -0.25) is 9.80 Å². The molecule has 11 aromatic rings. The smallest absolute Gasteiger partial charge is 0.137 e. The molecule has 0 fully saturated rings. The van der Waals surface area contributed by atoms with Crippen molar-refractivity contribution < 1.29 is 0 Å². The molecule has 0 atom stereocenters. The lowest BCUT2D eigenvalue weighted by Gasteiger charge is -2.30. The highest BCUT2D eigenvalue weighted by atomic mass is 15.2. The minimum atomic E-state index is 0.853. The van der Waals surface area contributed by atoms with Crippen LogP contribution in [0.2, 0.25) is 0 Å². The van der Waals surface area contributed by atoms with E-state index in [1.165, 1.54) is 0 Å². The van der Waals surface area contributed by atoms with Gasteiger partial charge in [0.25, 0.3) is 0 Å². The average Bonchev–Trinajstić information content (AvgIpc) is 3.45. The Morgan fingerprint density at radius 2 is 0.324 bits per heavy atom. The Balaban J connectivity index is 0.915. The van der Waals surface area contributed by atoms with Crippen molar-refractivity contribution >= 4 is 85.6 Å². The summed E-state index contributed by atoms with van der Waals surface area (Å²) >= 11 is 0. The fourth-order valence-electron chi connectivity index (χ4n) is 9.03. The number of nitrogens with zero attached hydrogens (tertiary/aromatic N) is 7. The van der Waals surface area contributed by atoms with Crippen molar-refractivity contribution in [1.82, 2.24) is 9.97 Å². The summed E-state index contributed by atoms with van der Waals surface area (Å²) in [6, 6.07) is 99.4. The molecule has 0 spiro atoms. The van der Waals surface area contributed by atoms with Crippen LogP contribution in [-0.4, -0.2) is 9.97 Å². The number of aromatic nitrogens is 2. The fraction of sp³-hybridized carbons (Fsp3) is 0. The normalized spacial score (nSPS) is 10.8. The molecule has 0 saturated heterocycles. The molecular formula is C64H49N7. The van der Waals surface area contributed by atoms with E-state index in [1.54, 1.807) is 0 Å². The Bertz CT molecular complexity index is 3080. The van der Waals surface area contributed by atoms with Crippen LogP contribution in [0.1, 0.15) is 0 Å². The van der Waals surface area contributed by atoms with Crippen LogP contribution in [0.4, 0.5) is 85.6 Å². The molecule has 0 bridgehead atoms. The minimum absolute atomic E-state index is 0.853. The number of hydrogen-bond acceptors (Lipinski definition) is 7. The number of hydrogen-bond donors (Lipinski definition) is 0. The topological polar surface area (TPSA) is 42.0 Å². The number of anilines is 15. The zero-order valence-corrected chi connectivity index (χ0v) is 38.9. The maximum Gasteiger partial charge on any atom is 0.137 e.